The molecule has 1 aliphatic carbocycles. The zero-order valence-corrected chi connectivity index (χ0v) is 13.8. The average molecular weight is 322 g/mol. The molecule has 0 spiro atoms. The molecule has 2 aliphatic rings. The lowest BCUT2D eigenvalue weighted by Crippen LogP contribution is -3.14. The molecule has 5 nitrogen and oxygen atoms in total. The highest BCUT2D eigenvalue weighted by Gasteiger charge is 2.43. The molecule has 0 radical (unpaired) electrons. The molecule has 0 bridgehead atoms. The molecule has 2 heterocycles. The predicted molar refractivity (Wildman–Crippen MR) is 86.0 cm³/mol. The molecule has 22 heavy (non-hydrogen) atoms. The number of rotatable bonds is 5. The van der Waals surface area contributed by atoms with Crippen molar-refractivity contribution in [2.75, 3.05) is 19.6 Å². The Hall–Kier alpha value is -1.40. The van der Waals surface area contributed by atoms with Gasteiger partial charge < -0.3 is 10.2 Å². The molecule has 1 aliphatic heterocycles. The number of hydrogen-bond donors (Lipinski definition) is 3. The molecule has 0 aromatic carbocycles. The van der Waals surface area contributed by atoms with Gasteiger partial charge in [-0.15, -0.1) is 11.3 Å². The maximum absolute atomic E-state index is 12.1. The number of fused-ring (bicyclic) bond motifs is 1. The quantitative estimate of drug-likeness (QED) is 0.753. The largest absolute Gasteiger partial charge is 0.338 e. The minimum atomic E-state index is -0.373. The van der Waals surface area contributed by atoms with E-state index in [1.54, 1.807) is 0 Å². The van der Waals surface area contributed by atoms with Crippen LogP contribution < -0.4 is 15.5 Å². The van der Waals surface area contributed by atoms with E-state index in [9.17, 15) is 9.59 Å². The van der Waals surface area contributed by atoms with Crippen molar-refractivity contribution in [3.8, 4) is 0 Å². The van der Waals surface area contributed by atoms with E-state index in [4.69, 9.17) is 0 Å². The lowest BCUT2D eigenvalue weighted by Gasteiger charge is -2.32. The minimum Gasteiger partial charge on any atom is -0.338 e. The van der Waals surface area contributed by atoms with E-state index in [0.717, 1.165) is 19.4 Å². The van der Waals surface area contributed by atoms with Gasteiger partial charge in [0.15, 0.2) is 6.54 Å². The summed E-state index contributed by atoms with van der Waals surface area (Å²) in [5.74, 6) is 0.540. The van der Waals surface area contributed by atoms with Gasteiger partial charge in [-0.3, -0.25) is 10.1 Å². The van der Waals surface area contributed by atoms with Crippen LogP contribution in [0.2, 0.25) is 0 Å². The van der Waals surface area contributed by atoms with Crippen LogP contribution in [-0.2, 0) is 11.2 Å². The summed E-state index contributed by atoms with van der Waals surface area (Å²) in [4.78, 5) is 26.5. The third kappa shape index (κ3) is 3.50. The number of urea groups is 1. The van der Waals surface area contributed by atoms with Gasteiger partial charge in [0, 0.05) is 29.3 Å². The van der Waals surface area contributed by atoms with Crippen molar-refractivity contribution >= 4 is 23.3 Å². The summed E-state index contributed by atoms with van der Waals surface area (Å²) in [5.41, 5.74) is 1.44. The van der Waals surface area contributed by atoms with Gasteiger partial charge in [-0.25, -0.2) is 4.79 Å². The van der Waals surface area contributed by atoms with Crippen LogP contribution in [0.1, 0.15) is 42.7 Å². The summed E-state index contributed by atoms with van der Waals surface area (Å²) in [7, 11) is 0. The third-order valence-corrected chi connectivity index (χ3v) is 5.49. The van der Waals surface area contributed by atoms with Crippen LogP contribution in [0, 0.1) is 5.92 Å². The monoisotopic (exact) mass is 322 g/mol. The zero-order valence-electron chi connectivity index (χ0n) is 13.0. The number of quaternary nitrogens is 1. The normalized spacial score (nSPS) is 23.7. The van der Waals surface area contributed by atoms with Crippen molar-refractivity contribution in [2.45, 2.75) is 38.6 Å². The fourth-order valence-corrected chi connectivity index (χ4v) is 4.29. The molecule has 1 unspecified atom stereocenters. The summed E-state index contributed by atoms with van der Waals surface area (Å²) in [5, 5.41) is 7.30. The fourth-order valence-electron chi connectivity index (χ4n) is 3.36. The molecular formula is C16H24N3O2S+. The Bertz CT molecular complexity index is 553. The Balaban J connectivity index is 1.60. The molecule has 120 valence electrons. The third-order valence-electron chi connectivity index (χ3n) is 4.50. The van der Waals surface area contributed by atoms with E-state index in [1.165, 1.54) is 28.2 Å². The summed E-state index contributed by atoms with van der Waals surface area (Å²) in [6.07, 6.45) is 4.44. The standard InChI is InChI=1S/C16H23N3O2S/c1-2-7-17-16(21)18-14(20)10-19-8-5-13-12(6-9-22-13)15(19)11-3-4-11/h6,9,11,15H,2-5,7-8,10H2,1H3,(H2,17,18,20,21)/p+1/t15-/m1/s1. The van der Waals surface area contributed by atoms with Gasteiger partial charge in [-0.05, 0) is 30.7 Å². The average Bonchev–Trinajstić information content (AvgIpc) is 3.21. The second-order valence-corrected chi connectivity index (χ2v) is 7.25. The van der Waals surface area contributed by atoms with Crippen molar-refractivity contribution in [1.82, 2.24) is 10.6 Å². The van der Waals surface area contributed by atoms with E-state index in [-0.39, 0.29) is 11.9 Å². The second-order valence-electron chi connectivity index (χ2n) is 6.25. The van der Waals surface area contributed by atoms with Crippen molar-refractivity contribution in [2.24, 2.45) is 5.92 Å². The SMILES string of the molecule is CCCNC(=O)NC(=O)C[NH+]1CCc2sccc2[C@H]1C1CC1. The van der Waals surface area contributed by atoms with Crippen LogP contribution in [0.15, 0.2) is 11.4 Å². The van der Waals surface area contributed by atoms with Crippen LogP contribution >= 0.6 is 11.3 Å². The molecule has 2 atom stereocenters. The molecule has 3 amide bonds. The number of nitrogens with one attached hydrogen (secondary N) is 3. The first-order valence-corrected chi connectivity index (χ1v) is 9.05. The first kappa shape index (κ1) is 15.5. The van der Waals surface area contributed by atoms with E-state index >= 15 is 0 Å². The summed E-state index contributed by atoms with van der Waals surface area (Å²) < 4.78 is 0. The molecular weight excluding hydrogens is 298 g/mol. The van der Waals surface area contributed by atoms with E-state index in [2.05, 4.69) is 22.1 Å². The minimum absolute atomic E-state index is 0.173. The van der Waals surface area contributed by atoms with Gasteiger partial charge in [0.1, 0.15) is 6.04 Å². The Morgan fingerprint density at radius 3 is 2.95 bits per heavy atom. The summed E-state index contributed by atoms with van der Waals surface area (Å²) in [6, 6.07) is 2.30. The number of amides is 3. The maximum atomic E-state index is 12.1. The van der Waals surface area contributed by atoms with Gasteiger partial charge >= 0.3 is 6.03 Å². The first-order valence-electron chi connectivity index (χ1n) is 8.17. The zero-order chi connectivity index (χ0) is 15.5. The van der Waals surface area contributed by atoms with E-state index in [1.807, 2.05) is 18.3 Å². The number of hydrogen-bond acceptors (Lipinski definition) is 3. The van der Waals surface area contributed by atoms with Crippen LogP contribution in [0.4, 0.5) is 4.79 Å². The maximum Gasteiger partial charge on any atom is 0.321 e. The van der Waals surface area contributed by atoms with Crippen LogP contribution in [-0.4, -0.2) is 31.6 Å². The smallest absolute Gasteiger partial charge is 0.321 e. The highest BCUT2D eigenvalue weighted by molar-refractivity contribution is 7.10. The van der Waals surface area contributed by atoms with Gasteiger partial charge in [0.2, 0.25) is 0 Å². The molecule has 0 saturated heterocycles. The fraction of sp³-hybridized carbons (Fsp3) is 0.625. The Labute approximate surface area is 135 Å². The summed E-state index contributed by atoms with van der Waals surface area (Å²) >= 11 is 1.84. The van der Waals surface area contributed by atoms with Crippen LogP contribution in [0.25, 0.3) is 0 Å². The molecule has 1 saturated carbocycles. The number of thiophene rings is 1. The lowest BCUT2D eigenvalue weighted by atomic mass is 9.96. The van der Waals surface area contributed by atoms with Crippen molar-refractivity contribution in [3.63, 3.8) is 0 Å². The molecule has 1 aromatic heterocycles. The van der Waals surface area contributed by atoms with Crippen molar-refractivity contribution in [3.05, 3.63) is 21.9 Å². The molecule has 1 fully saturated rings. The van der Waals surface area contributed by atoms with Crippen LogP contribution in [0.5, 0.6) is 0 Å². The van der Waals surface area contributed by atoms with E-state index in [0.29, 0.717) is 25.0 Å². The number of imide groups is 1. The highest BCUT2D eigenvalue weighted by Crippen LogP contribution is 2.42. The number of carbonyl (C=O) groups is 2. The van der Waals surface area contributed by atoms with E-state index < -0.39 is 0 Å². The molecule has 3 N–H and O–H groups in total. The van der Waals surface area contributed by atoms with Gasteiger partial charge in [-0.1, -0.05) is 6.92 Å². The van der Waals surface area contributed by atoms with Crippen LogP contribution in [0.3, 0.4) is 0 Å². The first-order chi connectivity index (χ1) is 10.7. The molecule has 6 heteroatoms. The Kier molecular flexibility index (Phi) is 4.78. The Morgan fingerprint density at radius 2 is 2.23 bits per heavy atom. The number of carbonyl (C=O) groups excluding carboxylic acids is 2. The highest BCUT2D eigenvalue weighted by atomic mass is 32.1. The molecule has 1 aromatic rings. The van der Waals surface area contributed by atoms with Crippen molar-refractivity contribution in [1.29, 1.82) is 0 Å². The summed E-state index contributed by atoms with van der Waals surface area (Å²) in [6.45, 7) is 3.95. The molecule has 3 rings (SSSR count). The predicted octanol–water partition coefficient (Wildman–Crippen LogP) is 0.876. The van der Waals surface area contributed by atoms with Gasteiger partial charge in [0.05, 0.1) is 6.54 Å². The van der Waals surface area contributed by atoms with Crippen molar-refractivity contribution < 1.29 is 14.5 Å². The lowest BCUT2D eigenvalue weighted by molar-refractivity contribution is -0.928. The Morgan fingerprint density at radius 1 is 1.41 bits per heavy atom. The van der Waals surface area contributed by atoms with Gasteiger partial charge in [-0.2, -0.15) is 0 Å². The van der Waals surface area contributed by atoms with Gasteiger partial charge in [0.25, 0.3) is 5.91 Å². The topological polar surface area (TPSA) is 62.6 Å². The second kappa shape index (κ2) is 6.79.